The van der Waals surface area contributed by atoms with E-state index in [0.717, 1.165) is 6.54 Å². The SMILES string of the molecule is CC(C)CN/C=C/C(=O)c1ccncc1. The second-order valence-electron chi connectivity index (χ2n) is 3.74. The number of nitrogens with zero attached hydrogens (tertiary/aromatic N) is 1. The van der Waals surface area contributed by atoms with Gasteiger partial charge in [0.05, 0.1) is 0 Å². The minimum absolute atomic E-state index is 0.00587. The van der Waals surface area contributed by atoms with Crippen LogP contribution in [0.25, 0.3) is 0 Å². The molecule has 0 radical (unpaired) electrons. The van der Waals surface area contributed by atoms with Crippen molar-refractivity contribution in [2.75, 3.05) is 6.54 Å². The number of carbonyl (C=O) groups is 1. The monoisotopic (exact) mass is 204 g/mol. The summed E-state index contributed by atoms with van der Waals surface area (Å²) < 4.78 is 0. The third-order valence-electron chi connectivity index (χ3n) is 1.84. The fraction of sp³-hybridized carbons (Fsp3) is 0.333. The Morgan fingerprint density at radius 1 is 1.47 bits per heavy atom. The van der Waals surface area contributed by atoms with Crippen molar-refractivity contribution in [2.45, 2.75) is 13.8 Å². The number of carbonyl (C=O) groups excluding carboxylic acids is 1. The molecule has 15 heavy (non-hydrogen) atoms. The quantitative estimate of drug-likeness (QED) is 0.589. The highest BCUT2D eigenvalue weighted by atomic mass is 16.1. The van der Waals surface area contributed by atoms with Crippen LogP contribution in [0.4, 0.5) is 0 Å². The minimum Gasteiger partial charge on any atom is -0.391 e. The van der Waals surface area contributed by atoms with Gasteiger partial charge in [0.25, 0.3) is 0 Å². The molecule has 0 aliphatic heterocycles. The molecule has 0 atom stereocenters. The molecule has 3 heteroatoms. The highest BCUT2D eigenvalue weighted by molar-refractivity contribution is 6.04. The van der Waals surface area contributed by atoms with Gasteiger partial charge in [0, 0.05) is 36.8 Å². The lowest BCUT2D eigenvalue weighted by molar-refractivity contribution is 0.104. The van der Waals surface area contributed by atoms with E-state index in [4.69, 9.17) is 0 Å². The molecule has 3 nitrogen and oxygen atoms in total. The molecule has 0 bridgehead atoms. The van der Waals surface area contributed by atoms with Gasteiger partial charge in [-0.15, -0.1) is 0 Å². The Balaban J connectivity index is 2.43. The van der Waals surface area contributed by atoms with Crippen LogP contribution in [-0.2, 0) is 0 Å². The van der Waals surface area contributed by atoms with Crippen LogP contribution in [0.15, 0.2) is 36.8 Å². The molecule has 0 fully saturated rings. The summed E-state index contributed by atoms with van der Waals surface area (Å²) >= 11 is 0. The summed E-state index contributed by atoms with van der Waals surface area (Å²) in [7, 11) is 0. The predicted octanol–water partition coefficient (Wildman–Crippen LogP) is 2.02. The van der Waals surface area contributed by atoms with Gasteiger partial charge in [-0.1, -0.05) is 13.8 Å². The fourth-order valence-electron chi connectivity index (χ4n) is 1.05. The maximum absolute atomic E-state index is 11.5. The Morgan fingerprint density at radius 2 is 2.13 bits per heavy atom. The molecule has 0 aliphatic rings. The Morgan fingerprint density at radius 3 is 2.73 bits per heavy atom. The summed E-state index contributed by atoms with van der Waals surface area (Å²) in [4.78, 5) is 15.4. The van der Waals surface area contributed by atoms with Gasteiger partial charge in [0.15, 0.2) is 5.78 Å². The maximum atomic E-state index is 11.5. The van der Waals surface area contributed by atoms with Crippen molar-refractivity contribution in [1.82, 2.24) is 10.3 Å². The van der Waals surface area contributed by atoms with Gasteiger partial charge >= 0.3 is 0 Å². The van der Waals surface area contributed by atoms with Gasteiger partial charge in [0.1, 0.15) is 0 Å². The molecule has 0 unspecified atom stereocenters. The number of ketones is 1. The lowest BCUT2D eigenvalue weighted by Gasteiger charge is -2.02. The van der Waals surface area contributed by atoms with E-state index < -0.39 is 0 Å². The molecule has 0 saturated heterocycles. The van der Waals surface area contributed by atoms with Crippen LogP contribution < -0.4 is 5.32 Å². The van der Waals surface area contributed by atoms with Crippen LogP contribution in [0.5, 0.6) is 0 Å². The van der Waals surface area contributed by atoms with Crippen LogP contribution in [-0.4, -0.2) is 17.3 Å². The smallest absolute Gasteiger partial charge is 0.187 e. The summed E-state index contributed by atoms with van der Waals surface area (Å²) in [6.45, 7) is 5.11. The molecule has 0 saturated carbocycles. The topological polar surface area (TPSA) is 42.0 Å². The lowest BCUT2D eigenvalue weighted by atomic mass is 10.2. The summed E-state index contributed by atoms with van der Waals surface area (Å²) in [6, 6.07) is 3.41. The van der Waals surface area contributed by atoms with Gasteiger partial charge in [-0.25, -0.2) is 0 Å². The van der Waals surface area contributed by atoms with E-state index in [9.17, 15) is 4.79 Å². The van der Waals surface area contributed by atoms with E-state index in [1.54, 1.807) is 30.7 Å². The summed E-state index contributed by atoms with van der Waals surface area (Å²) in [5.41, 5.74) is 0.660. The summed E-state index contributed by atoms with van der Waals surface area (Å²) in [5.74, 6) is 0.569. The standard InChI is InChI=1S/C12H16N2O/c1-10(2)9-14-8-5-12(15)11-3-6-13-7-4-11/h3-8,10,14H,9H2,1-2H3/b8-5+. The molecule has 80 valence electrons. The molecular formula is C12H16N2O. The van der Waals surface area contributed by atoms with Gasteiger partial charge in [-0.05, 0) is 18.1 Å². The number of nitrogens with one attached hydrogen (secondary N) is 1. The van der Waals surface area contributed by atoms with E-state index in [1.807, 2.05) is 0 Å². The number of rotatable bonds is 5. The fourth-order valence-corrected chi connectivity index (χ4v) is 1.05. The van der Waals surface area contributed by atoms with E-state index in [0.29, 0.717) is 11.5 Å². The first-order valence-electron chi connectivity index (χ1n) is 5.04. The largest absolute Gasteiger partial charge is 0.391 e. The average molecular weight is 204 g/mol. The lowest BCUT2D eigenvalue weighted by Crippen LogP contribution is -2.13. The summed E-state index contributed by atoms with van der Waals surface area (Å²) in [5, 5.41) is 3.07. The van der Waals surface area contributed by atoms with Crippen LogP contribution in [0.1, 0.15) is 24.2 Å². The van der Waals surface area contributed by atoms with Crippen LogP contribution in [0, 0.1) is 5.92 Å². The first kappa shape index (κ1) is 11.4. The van der Waals surface area contributed by atoms with E-state index >= 15 is 0 Å². The van der Waals surface area contributed by atoms with Crippen molar-refractivity contribution in [3.63, 3.8) is 0 Å². The van der Waals surface area contributed by atoms with Gasteiger partial charge in [-0.2, -0.15) is 0 Å². The number of allylic oxidation sites excluding steroid dienone is 1. The molecule has 0 aromatic carbocycles. The Hall–Kier alpha value is -1.64. The van der Waals surface area contributed by atoms with Gasteiger partial charge < -0.3 is 5.32 Å². The molecule has 0 spiro atoms. The highest BCUT2D eigenvalue weighted by Gasteiger charge is 1.98. The minimum atomic E-state index is -0.00587. The zero-order valence-electron chi connectivity index (χ0n) is 9.10. The number of pyridine rings is 1. The van der Waals surface area contributed by atoms with Crippen molar-refractivity contribution < 1.29 is 4.79 Å². The molecule has 1 heterocycles. The predicted molar refractivity (Wildman–Crippen MR) is 60.5 cm³/mol. The van der Waals surface area contributed by atoms with E-state index in [-0.39, 0.29) is 5.78 Å². The number of hydrogen-bond donors (Lipinski definition) is 1. The van der Waals surface area contributed by atoms with Crippen molar-refractivity contribution in [3.05, 3.63) is 42.4 Å². The molecule has 1 N–H and O–H groups in total. The normalized spacial score (nSPS) is 10.9. The molecule has 1 aromatic rings. The third-order valence-corrected chi connectivity index (χ3v) is 1.84. The molecule has 0 aliphatic carbocycles. The van der Waals surface area contributed by atoms with Crippen molar-refractivity contribution in [2.24, 2.45) is 5.92 Å². The number of aromatic nitrogens is 1. The first-order chi connectivity index (χ1) is 7.20. The van der Waals surface area contributed by atoms with Crippen molar-refractivity contribution in [1.29, 1.82) is 0 Å². The Labute approximate surface area is 90.2 Å². The first-order valence-corrected chi connectivity index (χ1v) is 5.04. The summed E-state index contributed by atoms with van der Waals surface area (Å²) in [6.07, 6.45) is 6.46. The number of hydrogen-bond acceptors (Lipinski definition) is 3. The Kier molecular flexibility index (Phi) is 4.54. The second kappa shape index (κ2) is 5.96. The molecular weight excluding hydrogens is 188 g/mol. The Bertz CT molecular complexity index is 331. The van der Waals surface area contributed by atoms with Gasteiger partial charge in [0.2, 0.25) is 0 Å². The van der Waals surface area contributed by atoms with Crippen LogP contribution >= 0.6 is 0 Å². The van der Waals surface area contributed by atoms with Gasteiger partial charge in [-0.3, -0.25) is 9.78 Å². The third kappa shape index (κ3) is 4.40. The molecule has 1 rings (SSSR count). The second-order valence-corrected chi connectivity index (χ2v) is 3.74. The van der Waals surface area contributed by atoms with Crippen LogP contribution in [0.2, 0.25) is 0 Å². The average Bonchev–Trinajstić information content (AvgIpc) is 2.25. The molecule has 1 aromatic heterocycles. The zero-order valence-corrected chi connectivity index (χ0v) is 9.10. The van der Waals surface area contributed by atoms with Crippen molar-refractivity contribution >= 4 is 5.78 Å². The molecule has 0 amide bonds. The maximum Gasteiger partial charge on any atom is 0.187 e. The van der Waals surface area contributed by atoms with Crippen molar-refractivity contribution in [3.8, 4) is 0 Å². The highest BCUT2D eigenvalue weighted by Crippen LogP contribution is 1.98. The zero-order chi connectivity index (χ0) is 11.1. The van der Waals surface area contributed by atoms with E-state index in [1.165, 1.54) is 6.08 Å². The van der Waals surface area contributed by atoms with E-state index in [2.05, 4.69) is 24.1 Å². The van der Waals surface area contributed by atoms with Crippen LogP contribution in [0.3, 0.4) is 0 Å².